The van der Waals surface area contributed by atoms with Gasteiger partial charge in [0.25, 0.3) is 0 Å². The summed E-state index contributed by atoms with van der Waals surface area (Å²) >= 11 is 0. The smallest absolute Gasteiger partial charge is 0.0316 e. The second-order valence-electron chi connectivity index (χ2n) is 3.85. The minimum Gasteiger partial charge on any atom is -0.0885 e. The molecule has 0 amide bonds. The minimum atomic E-state index is 1.21. The molecule has 0 nitrogen and oxygen atoms in total. The van der Waals surface area contributed by atoms with Gasteiger partial charge in [-0.25, -0.2) is 0 Å². The molecule has 14 heavy (non-hydrogen) atoms. The zero-order chi connectivity index (χ0) is 9.90. The Bertz CT molecular complexity index is 174. The zero-order valence-electron chi connectivity index (χ0n) is 9.12. The average Bonchev–Trinajstić information content (AvgIpc) is 2.22. The molecule has 0 radical (unpaired) electrons. The molecule has 1 aliphatic carbocycles. The Morgan fingerprint density at radius 2 is 0.643 bits per heavy atom. The summed E-state index contributed by atoms with van der Waals surface area (Å²) in [5, 5.41) is 0. The first-order valence-corrected chi connectivity index (χ1v) is 5.95. The molecule has 0 fully saturated rings. The molecule has 0 aromatic carbocycles. The first kappa shape index (κ1) is 11.3. The van der Waals surface area contributed by atoms with E-state index < -0.39 is 0 Å². The lowest BCUT2D eigenvalue weighted by molar-refractivity contribution is 0.758. The van der Waals surface area contributed by atoms with Gasteiger partial charge in [0.1, 0.15) is 0 Å². The summed E-state index contributed by atoms with van der Waals surface area (Å²) in [7, 11) is 0. The third-order valence-corrected chi connectivity index (χ3v) is 2.49. The van der Waals surface area contributed by atoms with Crippen LogP contribution in [0.25, 0.3) is 0 Å². The largest absolute Gasteiger partial charge is 0.0885 e. The predicted molar refractivity (Wildman–Crippen MR) is 64.4 cm³/mol. The van der Waals surface area contributed by atoms with Crippen LogP contribution >= 0.6 is 0 Å². The summed E-state index contributed by atoms with van der Waals surface area (Å²) in [4.78, 5) is 0. The average molecular weight is 190 g/mol. The third kappa shape index (κ3) is 6.71. The van der Waals surface area contributed by atoms with Crippen molar-refractivity contribution >= 4 is 0 Å². The molecule has 0 N–H and O–H groups in total. The van der Waals surface area contributed by atoms with Crippen molar-refractivity contribution in [2.75, 3.05) is 0 Å². The molecule has 0 saturated heterocycles. The van der Waals surface area contributed by atoms with Gasteiger partial charge in [-0.1, -0.05) is 36.5 Å². The third-order valence-electron chi connectivity index (χ3n) is 2.49. The van der Waals surface area contributed by atoms with Gasteiger partial charge < -0.3 is 0 Å². The highest BCUT2D eigenvalue weighted by molar-refractivity contribution is 4.91. The van der Waals surface area contributed by atoms with Crippen molar-refractivity contribution < 1.29 is 0 Å². The highest BCUT2D eigenvalue weighted by atomic mass is 13.9. The number of hydrogen-bond donors (Lipinski definition) is 0. The Labute approximate surface area is 88.4 Å². The van der Waals surface area contributed by atoms with Crippen molar-refractivity contribution in [3.05, 3.63) is 36.5 Å². The monoisotopic (exact) mass is 190 g/mol. The van der Waals surface area contributed by atoms with E-state index in [9.17, 15) is 0 Å². The Hall–Kier alpha value is -0.780. The van der Waals surface area contributed by atoms with Crippen LogP contribution in [0.15, 0.2) is 36.5 Å². The van der Waals surface area contributed by atoms with E-state index in [1.807, 2.05) is 0 Å². The molecule has 0 unspecified atom stereocenters. The lowest BCUT2D eigenvalue weighted by Gasteiger charge is -1.95. The standard InChI is InChI=1S/C14H22/c1-2-4-6-8-10-12-14-13-11-9-7-5-3-1/h1-2,7-10H,3-6,11-14H2/b2-1?,9-7+,10-8+. The van der Waals surface area contributed by atoms with Gasteiger partial charge in [0.15, 0.2) is 0 Å². The van der Waals surface area contributed by atoms with Gasteiger partial charge in [0.05, 0.1) is 0 Å². The highest BCUT2D eigenvalue weighted by Gasteiger charge is 1.85. The van der Waals surface area contributed by atoms with Crippen molar-refractivity contribution in [1.29, 1.82) is 0 Å². The number of hydrogen-bond acceptors (Lipinski definition) is 0. The summed E-state index contributed by atoms with van der Waals surface area (Å²) < 4.78 is 0. The van der Waals surface area contributed by atoms with Crippen LogP contribution in [0.1, 0.15) is 51.4 Å². The summed E-state index contributed by atoms with van der Waals surface area (Å²) in [6.45, 7) is 0. The van der Waals surface area contributed by atoms with Crippen LogP contribution in [0.2, 0.25) is 0 Å². The maximum absolute atomic E-state index is 2.34. The fraction of sp³-hybridized carbons (Fsp3) is 0.571. The summed E-state index contributed by atoms with van der Waals surface area (Å²) in [5.74, 6) is 0. The molecule has 0 atom stereocenters. The Morgan fingerprint density at radius 3 is 1.00 bits per heavy atom. The van der Waals surface area contributed by atoms with E-state index in [1.165, 1.54) is 51.4 Å². The van der Waals surface area contributed by atoms with Gasteiger partial charge in [0.2, 0.25) is 0 Å². The summed E-state index contributed by atoms with van der Waals surface area (Å²) in [6, 6.07) is 0. The minimum absolute atomic E-state index is 1.21. The molecule has 1 rings (SSSR count). The quantitative estimate of drug-likeness (QED) is 0.482. The number of allylic oxidation sites excluding steroid dienone is 6. The maximum atomic E-state index is 2.34. The van der Waals surface area contributed by atoms with Gasteiger partial charge in [-0.3, -0.25) is 0 Å². The van der Waals surface area contributed by atoms with Crippen LogP contribution in [0.4, 0.5) is 0 Å². The Kier molecular flexibility index (Phi) is 7.10. The van der Waals surface area contributed by atoms with Crippen LogP contribution in [0.5, 0.6) is 0 Å². The second kappa shape index (κ2) is 8.80. The van der Waals surface area contributed by atoms with Crippen molar-refractivity contribution in [2.24, 2.45) is 0 Å². The molecular formula is C14H22. The fourth-order valence-electron chi connectivity index (χ4n) is 1.62. The fourth-order valence-corrected chi connectivity index (χ4v) is 1.62. The zero-order valence-corrected chi connectivity index (χ0v) is 9.12. The molecular weight excluding hydrogens is 168 g/mol. The Balaban J connectivity index is 2.25. The molecule has 0 spiro atoms. The van der Waals surface area contributed by atoms with Crippen molar-refractivity contribution in [1.82, 2.24) is 0 Å². The van der Waals surface area contributed by atoms with E-state index in [4.69, 9.17) is 0 Å². The molecule has 0 heteroatoms. The molecule has 0 saturated carbocycles. The van der Waals surface area contributed by atoms with Gasteiger partial charge in [-0.15, -0.1) is 0 Å². The lowest BCUT2D eigenvalue weighted by Crippen LogP contribution is -1.75. The molecule has 0 aliphatic heterocycles. The molecule has 78 valence electrons. The van der Waals surface area contributed by atoms with E-state index >= 15 is 0 Å². The van der Waals surface area contributed by atoms with Crippen LogP contribution in [0, 0.1) is 0 Å². The van der Waals surface area contributed by atoms with Crippen LogP contribution in [-0.2, 0) is 0 Å². The second-order valence-corrected chi connectivity index (χ2v) is 3.85. The van der Waals surface area contributed by atoms with Gasteiger partial charge in [0, 0.05) is 0 Å². The van der Waals surface area contributed by atoms with E-state index in [0.717, 1.165) is 0 Å². The van der Waals surface area contributed by atoms with Gasteiger partial charge in [-0.2, -0.15) is 0 Å². The predicted octanol–water partition coefficient (Wildman–Crippen LogP) is 4.79. The first-order valence-electron chi connectivity index (χ1n) is 5.95. The van der Waals surface area contributed by atoms with Gasteiger partial charge >= 0.3 is 0 Å². The van der Waals surface area contributed by atoms with Crippen LogP contribution < -0.4 is 0 Å². The first-order chi connectivity index (χ1) is 7.00. The van der Waals surface area contributed by atoms with Crippen LogP contribution in [-0.4, -0.2) is 0 Å². The summed E-state index contributed by atoms with van der Waals surface area (Å²) in [6.07, 6.45) is 24.0. The topological polar surface area (TPSA) is 0 Å². The van der Waals surface area contributed by atoms with Crippen molar-refractivity contribution in [3.8, 4) is 0 Å². The van der Waals surface area contributed by atoms with Crippen LogP contribution in [0.3, 0.4) is 0 Å². The lowest BCUT2D eigenvalue weighted by atomic mass is 10.1. The highest BCUT2D eigenvalue weighted by Crippen LogP contribution is 2.05. The van der Waals surface area contributed by atoms with E-state index in [2.05, 4.69) is 36.5 Å². The SMILES string of the molecule is C1=CCC/C=C/CCCC/C=C/CC1. The van der Waals surface area contributed by atoms with Crippen molar-refractivity contribution in [3.63, 3.8) is 0 Å². The van der Waals surface area contributed by atoms with Crippen molar-refractivity contribution in [2.45, 2.75) is 51.4 Å². The molecule has 0 aromatic rings. The molecule has 1 aliphatic rings. The van der Waals surface area contributed by atoms with E-state index in [-0.39, 0.29) is 0 Å². The van der Waals surface area contributed by atoms with E-state index in [0.29, 0.717) is 0 Å². The van der Waals surface area contributed by atoms with Gasteiger partial charge in [-0.05, 0) is 51.4 Å². The maximum Gasteiger partial charge on any atom is -0.0316 e. The number of rotatable bonds is 0. The molecule has 0 bridgehead atoms. The normalized spacial score (nSPS) is 25.1. The molecule has 0 aromatic heterocycles. The van der Waals surface area contributed by atoms with E-state index in [1.54, 1.807) is 0 Å². The Morgan fingerprint density at radius 1 is 0.357 bits per heavy atom. The summed E-state index contributed by atoms with van der Waals surface area (Å²) in [5.41, 5.74) is 0. The molecule has 0 heterocycles.